The molecule has 0 heterocycles. The minimum absolute atomic E-state index is 0.115. The summed E-state index contributed by atoms with van der Waals surface area (Å²) in [6.07, 6.45) is 2.35. The van der Waals surface area contributed by atoms with Gasteiger partial charge in [-0.1, -0.05) is 13.8 Å². The number of amides is 2. The van der Waals surface area contributed by atoms with Gasteiger partial charge in [0.2, 0.25) is 0 Å². The molecule has 0 aromatic heterocycles. The Labute approximate surface area is 102 Å². The summed E-state index contributed by atoms with van der Waals surface area (Å²) in [5.41, 5.74) is 0. The van der Waals surface area contributed by atoms with E-state index < -0.39 is 12.0 Å². The molecule has 17 heavy (non-hydrogen) atoms. The quantitative estimate of drug-likeness (QED) is 0.742. The van der Waals surface area contributed by atoms with E-state index in [-0.39, 0.29) is 11.9 Å². The molecule has 1 saturated carbocycles. The fraction of sp³-hybridized carbons (Fsp3) is 0.833. The van der Waals surface area contributed by atoms with Gasteiger partial charge in [-0.25, -0.2) is 9.59 Å². The van der Waals surface area contributed by atoms with E-state index in [1.807, 2.05) is 6.92 Å². The fourth-order valence-electron chi connectivity index (χ4n) is 1.71. The maximum absolute atomic E-state index is 11.9. The van der Waals surface area contributed by atoms with Crippen molar-refractivity contribution in [3.8, 4) is 0 Å². The first-order valence-electron chi connectivity index (χ1n) is 6.24. The van der Waals surface area contributed by atoms with Crippen LogP contribution in [0.4, 0.5) is 4.79 Å². The number of rotatable bonds is 6. The highest BCUT2D eigenvalue weighted by Crippen LogP contribution is 2.29. The topological polar surface area (TPSA) is 69.6 Å². The first-order valence-corrected chi connectivity index (χ1v) is 6.24. The summed E-state index contributed by atoms with van der Waals surface area (Å²) in [5.74, 6) is -0.477. The maximum atomic E-state index is 11.9. The lowest BCUT2D eigenvalue weighted by Crippen LogP contribution is -2.50. The SMILES string of the molecule is CCN(CC1CC1)C(=O)N[C@H](C(=O)O)C(C)C. The summed E-state index contributed by atoms with van der Waals surface area (Å²) >= 11 is 0. The van der Waals surface area contributed by atoms with E-state index in [2.05, 4.69) is 5.32 Å². The second kappa shape index (κ2) is 5.89. The zero-order valence-corrected chi connectivity index (χ0v) is 10.8. The Morgan fingerprint density at radius 3 is 2.35 bits per heavy atom. The lowest BCUT2D eigenvalue weighted by Gasteiger charge is -2.25. The largest absolute Gasteiger partial charge is 0.480 e. The molecule has 1 fully saturated rings. The number of carbonyl (C=O) groups excluding carboxylic acids is 1. The number of aliphatic carboxylic acids is 1. The minimum Gasteiger partial charge on any atom is -0.480 e. The molecule has 0 bridgehead atoms. The Morgan fingerprint density at radius 2 is 2.00 bits per heavy atom. The van der Waals surface area contributed by atoms with Gasteiger partial charge in [0.25, 0.3) is 0 Å². The summed E-state index contributed by atoms with van der Waals surface area (Å²) in [4.78, 5) is 24.6. The van der Waals surface area contributed by atoms with E-state index >= 15 is 0 Å². The molecule has 1 rings (SSSR count). The van der Waals surface area contributed by atoms with Crippen molar-refractivity contribution in [3.05, 3.63) is 0 Å². The molecule has 0 aromatic rings. The van der Waals surface area contributed by atoms with E-state index in [0.29, 0.717) is 12.5 Å². The number of carboxylic acids is 1. The molecule has 1 atom stereocenters. The molecule has 0 aromatic carbocycles. The van der Waals surface area contributed by atoms with Crippen molar-refractivity contribution in [3.63, 3.8) is 0 Å². The van der Waals surface area contributed by atoms with Gasteiger partial charge in [-0.05, 0) is 31.6 Å². The van der Waals surface area contributed by atoms with Gasteiger partial charge in [0.1, 0.15) is 6.04 Å². The van der Waals surface area contributed by atoms with Gasteiger partial charge in [0, 0.05) is 13.1 Å². The zero-order valence-electron chi connectivity index (χ0n) is 10.8. The van der Waals surface area contributed by atoms with Crippen LogP contribution in [0.2, 0.25) is 0 Å². The van der Waals surface area contributed by atoms with Gasteiger partial charge in [-0.3, -0.25) is 0 Å². The molecule has 2 N–H and O–H groups in total. The average molecular weight is 242 g/mol. The molecule has 0 radical (unpaired) electrons. The van der Waals surface area contributed by atoms with Crippen LogP contribution >= 0.6 is 0 Å². The van der Waals surface area contributed by atoms with Crippen molar-refractivity contribution in [2.24, 2.45) is 11.8 Å². The molecule has 1 aliphatic rings. The van der Waals surface area contributed by atoms with Crippen molar-refractivity contribution in [2.45, 2.75) is 39.7 Å². The third-order valence-corrected chi connectivity index (χ3v) is 3.06. The Hall–Kier alpha value is -1.26. The van der Waals surface area contributed by atoms with E-state index in [9.17, 15) is 9.59 Å². The first kappa shape index (κ1) is 13.8. The average Bonchev–Trinajstić information content (AvgIpc) is 3.04. The van der Waals surface area contributed by atoms with E-state index in [1.54, 1.807) is 18.7 Å². The fourth-order valence-corrected chi connectivity index (χ4v) is 1.71. The molecule has 2 amide bonds. The van der Waals surface area contributed by atoms with Crippen LogP contribution in [0, 0.1) is 11.8 Å². The summed E-state index contributed by atoms with van der Waals surface area (Å²) in [6, 6.07) is -1.07. The third-order valence-electron chi connectivity index (χ3n) is 3.06. The summed E-state index contributed by atoms with van der Waals surface area (Å²) in [5, 5.41) is 11.6. The predicted octanol–water partition coefficient (Wildman–Crippen LogP) is 1.54. The van der Waals surface area contributed by atoms with Gasteiger partial charge in [-0.15, -0.1) is 0 Å². The number of hydrogen-bond donors (Lipinski definition) is 2. The van der Waals surface area contributed by atoms with Crippen molar-refractivity contribution < 1.29 is 14.7 Å². The van der Waals surface area contributed by atoms with Crippen LogP contribution in [0.25, 0.3) is 0 Å². The lowest BCUT2D eigenvalue weighted by molar-refractivity contribution is -0.140. The highest BCUT2D eigenvalue weighted by molar-refractivity contribution is 5.82. The Balaban J connectivity index is 2.51. The zero-order chi connectivity index (χ0) is 13.0. The molecule has 0 aliphatic heterocycles. The number of nitrogens with zero attached hydrogens (tertiary/aromatic N) is 1. The molecule has 5 nitrogen and oxygen atoms in total. The number of carboxylic acid groups (broad SMARTS) is 1. The number of hydrogen-bond acceptors (Lipinski definition) is 2. The first-order chi connectivity index (χ1) is 7.95. The van der Waals surface area contributed by atoms with Crippen LogP contribution in [0.5, 0.6) is 0 Å². The highest BCUT2D eigenvalue weighted by Gasteiger charge is 2.29. The smallest absolute Gasteiger partial charge is 0.326 e. The Bertz CT molecular complexity index is 287. The molecule has 0 unspecified atom stereocenters. The van der Waals surface area contributed by atoms with Crippen molar-refractivity contribution in [1.82, 2.24) is 10.2 Å². The summed E-state index contributed by atoms with van der Waals surface area (Å²) in [6.45, 7) is 6.85. The van der Waals surface area contributed by atoms with E-state index in [4.69, 9.17) is 5.11 Å². The van der Waals surface area contributed by atoms with Crippen LogP contribution in [0.3, 0.4) is 0 Å². The van der Waals surface area contributed by atoms with Crippen molar-refractivity contribution in [2.75, 3.05) is 13.1 Å². The normalized spacial score (nSPS) is 16.7. The molecule has 1 aliphatic carbocycles. The van der Waals surface area contributed by atoms with Crippen LogP contribution in [0.15, 0.2) is 0 Å². The number of carbonyl (C=O) groups is 2. The minimum atomic E-state index is -0.976. The molecular formula is C12H22N2O3. The van der Waals surface area contributed by atoms with Gasteiger partial charge in [0.05, 0.1) is 0 Å². The Kier molecular flexibility index (Phi) is 4.78. The number of urea groups is 1. The monoisotopic (exact) mass is 242 g/mol. The molecule has 5 heteroatoms. The van der Waals surface area contributed by atoms with Gasteiger partial charge in [-0.2, -0.15) is 0 Å². The third kappa shape index (κ3) is 4.24. The van der Waals surface area contributed by atoms with E-state index in [0.717, 1.165) is 6.54 Å². The second-order valence-electron chi connectivity index (χ2n) is 4.99. The van der Waals surface area contributed by atoms with E-state index in [1.165, 1.54) is 12.8 Å². The second-order valence-corrected chi connectivity index (χ2v) is 4.99. The molecule has 0 saturated heterocycles. The van der Waals surface area contributed by atoms with Crippen molar-refractivity contribution in [1.29, 1.82) is 0 Å². The standard InChI is InChI=1S/C12H22N2O3/c1-4-14(7-9-5-6-9)12(17)13-10(8(2)3)11(15)16/h8-10H,4-7H2,1-3H3,(H,13,17)(H,15,16)/t10-/m0/s1. The van der Waals surface area contributed by atoms with Gasteiger partial charge in [0.15, 0.2) is 0 Å². The Morgan fingerprint density at radius 1 is 1.41 bits per heavy atom. The number of nitrogens with one attached hydrogen (secondary N) is 1. The van der Waals surface area contributed by atoms with Gasteiger partial charge < -0.3 is 15.3 Å². The lowest BCUT2D eigenvalue weighted by atomic mass is 10.1. The summed E-state index contributed by atoms with van der Waals surface area (Å²) < 4.78 is 0. The van der Waals surface area contributed by atoms with Crippen LogP contribution in [-0.2, 0) is 4.79 Å². The molecular weight excluding hydrogens is 220 g/mol. The van der Waals surface area contributed by atoms with Crippen molar-refractivity contribution >= 4 is 12.0 Å². The maximum Gasteiger partial charge on any atom is 0.326 e. The van der Waals surface area contributed by atoms with Crippen LogP contribution in [-0.4, -0.2) is 41.1 Å². The van der Waals surface area contributed by atoms with Crippen LogP contribution in [0.1, 0.15) is 33.6 Å². The molecule has 0 spiro atoms. The predicted molar refractivity (Wildman–Crippen MR) is 64.8 cm³/mol. The van der Waals surface area contributed by atoms with Crippen LogP contribution < -0.4 is 5.32 Å². The molecule has 98 valence electrons. The highest BCUT2D eigenvalue weighted by atomic mass is 16.4. The summed E-state index contributed by atoms with van der Waals surface area (Å²) in [7, 11) is 0. The van der Waals surface area contributed by atoms with Gasteiger partial charge >= 0.3 is 12.0 Å².